The van der Waals surface area contributed by atoms with E-state index in [-0.39, 0.29) is 5.25 Å². The Hall–Kier alpha value is -0.510. The van der Waals surface area contributed by atoms with Gasteiger partial charge >= 0.3 is 5.97 Å². The smallest absolute Gasteiger partial charge is 0.316 e. The van der Waals surface area contributed by atoms with E-state index in [1.807, 2.05) is 0 Å². The van der Waals surface area contributed by atoms with E-state index >= 15 is 0 Å². The summed E-state index contributed by atoms with van der Waals surface area (Å²) in [5, 5.41) is 9.29. The summed E-state index contributed by atoms with van der Waals surface area (Å²) in [6.45, 7) is 2.57. The van der Waals surface area contributed by atoms with E-state index in [2.05, 4.69) is 4.99 Å². The van der Waals surface area contributed by atoms with Crippen LogP contribution >= 0.6 is 11.8 Å². The Labute approximate surface area is 76.3 Å². The molecular formula is C8H13NO2S. The van der Waals surface area contributed by atoms with E-state index in [1.54, 1.807) is 6.92 Å². The van der Waals surface area contributed by atoms with Gasteiger partial charge in [0.25, 0.3) is 0 Å². The average Bonchev–Trinajstić information content (AvgIpc) is 2.06. The molecule has 1 aliphatic rings. The number of carboxylic acid groups (broad SMARTS) is 1. The van der Waals surface area contributed by atoms with E-state index in [0.29, 0.717) is 0 Å². The third-order valence-corrected chi connectivity index (χ3v) is 2.91. The molecule has 1 unspecified atom stereocenters. The second kappa shape index (κ2) is 4.50. The maximum atomic E-state index is 10.5. The molecule has 0 saturated carbocycles. The third kappa shape index (κ3) is 2.85. The van der Waals surface area contributed by atoms with Crippen molar-refractivity contribution >= 4 is 22.8 Å². The maximum Gasteiger partial charge on any atom is 0.316 e. The first-order valence-electron chi connectivity index (χ1n) is 4.13. The molecule has 0 spiro atoms. The van der Waals surface area contributed by atoms with Gasteiger partial charge in [0.05, 0.1) is 5.04 Å². The van der Waals surface area contributed by atoms with Crippen LogP contribution in [0.4, 0.5) is 0 Å². The highest BCUT2D eigenvalue weighted by Gasteiger charge is 2.15. The SMILES string of the molecule is CC(SC1=NCCCC1)C(=O)O. The first-order chi connectivity index (χ1) is 5.70. The van der Waals surface area contributed by atoms with Crippen molar-refractivity contribution in [2.24, 2.45) is 4.99 Å². The lowest BCUT2D eigenvalue weighted by molar-refractivity contribution is -0.136. The molecule has 3 nitrogen and oxygen atoms in total. The van der Waals surface area contributed by atoms with Gasteiger partial charge in [-0.05, 0) is 26.2 Å². The third-order valence-electron chi connectivity index (χ3n) is 1.75. The number of hydrogen-bond donors (Lipinski definition) is 1. The molecule has 1 heterocycles. The molecule has 0 saturated heterocycles. The van der Waals surface area contributed by atoms with Crippen molar-refractivity contribution < 1.29 is 9.90 Å². The summed E-state index contributed by atoms with van der Waals surface area (Å²) < 4.78 is 0. The van der Waals surface area contributed by atoms with Gasteiger partial charge in [0.15, 0.2) is 0 Å². The van der Waals surface area contributed by atoms with Crippen molar-refractivity contribution in [2.75, 3.05) is 6.54 Å². The molecule has 0 amide bonds. The summed E-state index contributed by atoms with van der Waals surface area (Å²) in [6, 6.07) is 0. The minimum absolute atomic E-state index is 0.359. The minimum Gasteiger partial charge on any atom is -0.480 e. The van der Waals surface area contributed by atoms with Gasteiger partial charge in [-0.3, -0.25) is 9.79 Å². The molecule has 0 bridgehead atoms. The quantitative estimate of drug-likeness (QED) is 0.716. The van der Waals surface area contributed by atoms with E-state index in [0.717, 1.165) is 30.9 Å². The number of carboxylic acids is 1. The van der Waals surface area contributed by atoms with Gasteiger partial charge in [-0.25, -0.2) is 0 Å². The minimum atomic E-state index is -0.756. The molecule has 1 atom stereocenters. The fraction of sp³-hybridized carbons (Fsp3) is 0.750. The molecule has 1 rings (SSSR count). The molecule has 0 aromatic heterocycles. The fourth-order valence-electron chi connectivity index (χ4n) is 1.02. The van der Waals surface area contributed by atoms with E-state index in [1.165, 1.54) is 11.8 Å². The zero-order chi connectivity index (χ0) is 8.97. The van der Waals surface area contributed by atoms with Crippen molar-refractivity contribution in [3.8, 4) is 0 Å². The van der Waals surface area contributed by atoms with Crippen LogP contribution in [0.3, 0.4) is 0 Å². The topological polar surface area (TPSA) is 49.7 Å². The molecule has 4 heteroatoms. The predicted molar refractivity (Wildman–Crippen MR) is 50.8 cm³/mol. The van der Waals surface area contributed by atoms with E-state index < -0.39 is 5.97 Å². The van der Waals surface area contributed by atoms with Gasteiger partial charge in [0.2, 0.25) is 0 Å². The van der Waals surface area contributed by atoms with Crippen molar-refractivity contribution in [1.29, 1.82) is 0 Å². The summed E-state index contributed by atoms with van der Waals surface area (Å²) in [7, 11) is 0. The molecule has 0 radical (unpaired) electrons. The second-order valence-corrected chi connectivity index (χ2v) is 4.24. The highest BCUT2D eigenvalue weighted by molar-refractivity contribution is 8.15. The molecule has 1 aliphatic heterocycles. The van der Waals surface area contributed by atoms with Crippen LogP contribution in [-0.2, 0) is 4.79 Å². The van der Waals surface area contributed by atoms with Crippen LogP contribution in [0.2, 0.25) is 0 Å². The summed E-state index contributed by atoms with van der Waals surface area (Å²) in [6.07, 6.45) is 3.26. The largest absolute Gasteiger partial charge is 0.480 e. The number of thioether (sulfide) groups is 1. The standard InChI is InChI=1S/C8H13NO2S/c1-6(8(10)11)12-7-4-2-3-5-9-7/h6H,2-5H2,1H3,(H,10,11). The van der Waals surface area contributed by atoms with Crippen LogP contribution in [0.5, 0.6) is 0 Å². The lowest BCUT2D eigenvalue weighted by atomic mass is 10.2. The fourth-order valence-corrected chi connectivity index (χ4v) is 1.96. The summed E-state index contributed by atoms with van der Waals surface area (Å²) >= 11 is 1.38. The van der Waals surface area contributed by atoms with Crippen LogP contribution in [0.1, 0.15) is 26.2 Å². The molecule has 0 aliphatic carbocycles. The summed E-state index contributed by atoms with van der Waals surface area (Å²) in [5.41, 5.74) is 0. The Bertz CT molecular complexity index is 203. The molecule has 0 aromatic rings. The van der Waals surface area contributed by atoms with Gasteiger partial charge in [-0.1, -0.05) is 11.8 Å². The van der Waals surface area contributed by atoms with Gasteiger partial charge in [-0.2, -0.15) is 0 Å². The van der Waals surface area contributed by atoms with Crippen LogP contribution < -0.4 is 0 Å². The molecule has 0 aromatic carbocycles. The van der Waals surface area contributed by atoms with Crippen molar-refractivity contribution in [3.63, 3.8) is 0 Å². The normalized spacial score (nSPS) is 19.9. The van der Waals surface area contributed by atoms with Crippen LogP contribution in [0, 0.1) is 0 Å². The number of carbonyl (C=O) groups is 1. The Kier molecular flexibility index (Phi) is 3.59. The van der Waals surface area contributed by atoms with Crippen LogP contribution in [-0.4, -0.2) is 27.9 Å². The maximum absolute atomic E-state index is 10.5. The Balaban J connectivity index is 2.39. The Morgan fingerprint density at radius 2 is 2.42 bits per heavy atom. The lowest BCUT2D eigenvalue weighted by Gasteiger charge is -2.12. The number of nitrogens with zero attached hydrogens (tertiary/aromatic N) is 1. The number of aliphatic carboxylic acids is 1. The van der Waals surface area contributed by atoms with E-state index in [9.17, 15) is 4.79 Å². The highest BCUT2D eigenvalue weighted by Crippen LogP contribution is 2.20. The first kappa shape index (κ1) is 9.58. The zero-order valence-electron chi connectivity index (χ0n) is 7.12. The number of aliphatic imine (C=N–C) groups is 1. The average molecular weight is 187 g/mol. The van der Waals surface area contributed by atoms with E-state index in [4.69, 9.17) is 5.11 Å². The van der Waals surface area contributed by atoms with Crippen molar-refractivity contribution in [1.82, 2.24) is 0 Å². The highest BCUT2D eigenvalue weighted by atomic mass is 32.2. The van der Waals surface area contributed by atoms with Gasteiger partial charge in [0, 0.05) is 6.54 Å². The molecule has 1 N–H and O–H groups in total. The Morgan fingerprint density at radius 3 is 2.92 bits per heavy atom. The summed E-state index contributed by atoms with van der Waals surface area (Å²) in [5.74, 6) is -0.756. The number of hydrogen-bond acceptors (Lipinski definition) is 3. The molecule has 68 valence electrons. The Morgan fingerprint density at radius 1 is 1.67 bits per heavy atom. The molecule has 0 fully saturated rings. The molecule has 12 heavy (non-hydrogen) atoms. The predicted octanol–water partition coefficient (Wildman–Crippen LogP) is 1.78. The van der Waals surface area contributed by atoms with Crippen LogP contribution in [0.15, 0.2) is 4.99 Å². The van der Waals surface area contributed by atoms with Crippen LogP contribution in [0.25, 0.3) is 0 Å². The summed E-state index contributed by atoms with van der Waals surface area (Å²) in [4.78, 5) is 14.8. The molecular weight excluding hydrogens is 174 g/mol. The number of rotatable bonds is 2. The lowest BCUT2D eigenvalue weighted by Crippen LogP contribution is -2.15. The van der Waals surface area contributed by atoms with Gasteiger partial charge in [0.1, 0.15) is 5.25 Å². The van der Waals surface area contributed by atoms with Crippen molar-refractivity contribution in [3.05, 3.63) is 0 Å². The monoisotopic (exact) mass is 187 g/mol. The second-order valence-electron chi connectivity index (χ2n) is 2.83. The van der Waals surface area contributed by atoms with Gasteiger partial charge in [-0.15, -0.1) is 0 Å². The van der Waals surface area contributed by atoms with Crippen molar-refractivity contribution in [2.45, 2.75) is 31.4 Å². The van der Waals surface area contributed by atoms with Gasteiger partial charge < -0.3 is 5.11 Å². The first-order valence-corrected chi connectivity index (χ1v) is 5.01. The zero-order valence-corrected chi connectivity index (χ0v) is 7.93.